The predicted molar refractivity (Wildman–Crippen MR) is 61.1 cm³/mol. The van der Waals surface area contributed by atoms with Gasteiger partial charge in [0.1, 0.15) is 11.7 Å². The summed E-state index contributed by atoms with van der Waals surface area (Å²) in [5.74, 6) is 0. The molecule has 1 aromatic carbocycles. The van der Waals surface area contributed by atoms with Crippen molar-refractivity contribution in [1.82, 2.24) is 0 Å². The van der Waals surface area contributed by atoms with Crippen molar-refractivity contribution in [2.45, 2.75) is 38.3 Å². The molecule has 3 atom stereocenters. The molecule has 3 heteroatoms. The largest absolute Gasteiger partial charge is 0.390 e. The van der Waals surface area contributed by atoms with Crippen molar-refractivity contribution < 1.29 is 14.6 Å². The van der Waals surface area contributed by atoms with E-state index in [1.165, 1.54) is 0 Å². The van der Waals surface area contributed by atoms with Gasteiger partial charge in [-0.3, -0.25) is 0 Å². The van der Waals surface area contributed by atoms with Crippen LogP contribution in [0.15, 0.2) is 30.3 Å². The number of rotatable bonds is 5. The SMILES string of the molecule is C[C@H](O)[C@@]1(C)O[C@H]1COCc1ccccc1. The van der Waals surface area contributed by atoms with E-state index in [0.717, 1.165) is 5.56 Å². The van der Waals surface area contributed by atoms with Crippen LogP contribution in [-0.2, 0) is 16.1 Å². The molecule has 0 aliphatic carbocycles. The Kier molecular flexibility index (Phi) is 3.28. The van der Waals surface area contributed by atoms with Gasteiger partial charge in [0.15, 0.2) is 0 Å². The van der Waals surface area contributed by atoms with Crippen LogP contribution >= 0.6 is 0 Å². The Hall–Kier alpha value is -0.900. The van der Waals surface area contributed by atoms with Crippen molar-refractivity contribution in [3.8, 4) is 0 Å². The number of benzene rings is 1. The molecule has 0 bridgehead atoms. The van der Waals surface area contributed by atoms with E-state index >= 15 is 0 Å². The molecule has 1 saturated heterocycles. The second-order valence-corrected chi connectivity index (χ2v) is 4.47. The highest BCUT2D eigenvalue weighted by atomic mass is 16.6. The van der Waals surface area contributed by atoms with E-state index in [9.17, 15) is 5.11 Å². The second-order valence-electron chi connectivity index (χ2n) is 4.47. The molecule has 0 radical (unpaired) electrons. The van der Waals surface area contributed by atoms with Gasteiger partial charge in [0, 0.05) is 0 Å². The van der Waals surface area contributed by atoms with Crippen LogP contribution in [0.2, 0.25) is 0 Å². The van der Waals surface area contributed by atoms with Crippen molar-refractivity contribution >= 4 is 0 Å². The van der Waals surface area contributed by atoms with Gasteiger partial charge in [-0.05, 0) is 19.4 Å². The average molecular weight is 222 g/mol. The van der Waals surface area contributed by atoms with E-state index in [-0.39, 0.29) is 6.10 Å². The number of aliphatic hydroxyl groups is 1. The first-order valence-electron chi connectivity index (χ1n) is 5.60. The van der Waals surface area contributed by atoms with Crippen LogP contribution in [-0.4, -0.2) is 29.5 Å². The molecule has 0 amide bonds. The predicted octanol–water partition coefficient (Wildman–Crippen LogP) is 1.74. The lowest BCUT2D eigenvalue weighted by Crippen LogP contribution is -2.27. The third kappa shape index (κ3) is 2.43. The standard InChI is InChI=1S/C13H18O3/c1-10(14)13(2)12(16-13)9-15-8-11-6-4-3-5-7-11/h3-7,10,12,14H,8-9H2,1-2H3/t10-,12-,13+/m0/s1. The smallest absolute Gasteiger partial charge is 0.120 e. The molecule has 0 aromatic heterocycles. The molecule has 1 aliphatic rings. The van der Waals surface area contributed by atoms with Crippen LogP contribution < -0.4 is 0 Å². The average Bonchev–Trinajstić information content (AvgIpc) is 2.93. The highest BCUT2D eigenvalue weighted by molar-refractivity contribution is 5.13. The maximum atomic E-state index is 9.46. The number of epoxide rings is 1. The number of hydrogen-bond acceptors (Lipinski definition) is 3. The quantitative estimate of drug-likeness (QED) is 0.772. The third-order valence-electron chi connectivity index (χ3n) is 3.19. The molecule has 1 aliphatic heterocycles. The summed E-state index contributed by atoms with van der Waals surface area (Å²) in [4.78, 5) is 0. The lowest BCUT2D eigenvalue weighted by molar-refractivity contribution is 0.100. The molecular weight excluding hydrogens is 204 g/mol. The van der Waals surface area contributed by atoms with E-state index in [1.807, 2.05) is 37.3 Å². The minimum atomic E-state index is -0.446. The molecule has 1 aromatic rings. The molecule has 0 unspecified atom stereocenters. The van der Waals surface area contributed by atoms with E-state index in [1.54, 1.807) is 6.92 Å². The van der Waals surface area contributed by atoms with Crippen molar-refractivity contribution in [3.05, 3.63) is 35.9 Å². The summed E-state index contributed by atoms with van der Waals surface area (Å²) in [6, 6.07) is 10.0. The Bertz CT molecular complexity index is 336. The number of aliphatic hydroxyl groups excluding tert-OH is 1. The van der Waals surface area contributed by atoms with Crippen molar-refractivity contribution in [2.24, 2.45) is 0 Å². The third-order valence-corrected chi connectivity index (χ3v) is 3.19. The Labute approximate surface area is 96.0 Å². The van der Waals surface area contributed by atoms with Crippen LogP contribution in [0.3, 0.4) is 0 Å². The molecule has 2 rings (SSSR count). The first kappa shape index (κ1) is 11.6. The van der Waals surface area contributed by atoms with Crippen LogP contribution in [0.4, 0.5) is 0 Å². The highest BCUT2D eigenvalue weighted by Crippen LogP contribution is 2.39. The zero-order chi connectivity index (χ0) is 11.6. The van der Waals surface area contributed by atoms with Gasteiger partial charge in [-0.15, -0.1) is 0 Å². The summed E-state index contributed by atoms with van der Waals surface area (Å²) in [5, 5.41) is 9.46. The molecule has 88 valence electrons. The second kappa shape index (κ2) is 4.53. The van der Waals surface area contributed by atoms with Gasteiger partial charge in [-0.1, -0.05) is 30.3 Å². The van der Waals surface area contributed by atoms with Crippen molar-refractivity contribution in [2.75, 3.05) is 6.61 Å². The Morgan fingerprint density at radius 2 is 2.12 bits per heavy atom. The monoisotopic (exact) mass is 222 g/mol. The first-order chi connectivity index (χ1) is 7.63. The summed E-state index contributed by atoms with van der Waals surface area (Å²) in [7, 11) is 0. The summed E-state index contributed by atoms with van der Waals surface area (Å²) >= 11 is 0. The van der Waals surface area contributed by atoms with E-state index in [4.69, 9.17) is 9.47 Å². The van der Waals surface area contributed by atoms with E-state index in [0.29, 0.717) is 13.2 Å². The molecule has 3 nitrogen and oxygen atoms in total. The molecule has 1 N–H and O–H groups in total. The Morgan fingerprint density at radius 3 is 2.69 bits per heavy atom. The van der Waals surface area contributed by atoms with Crippen molar-refractivity contribution in [1.29, 1.82) is 0 Å². The first-order valence-corrected chi connectivity index (χ1v) is 5.60. The van der Waals surface area contributed by atoms with Crippen LogP contribution in [0.5, 0.6) is 0 Å². The molecular formula is C13H18O3. The van der Waals surface area contributed by atoms with Gasteiger partial charge >= 0.3 is 0 Å². The van der Waals surface area contributed by atoms with Gasteiger partial charge in [-0.2, -0.15) is 0 Å². The van der Waals surface area contributed by atoms with Gasteiger partial charge in [0.2, 0.25) is 0 Å². The lowest BCUT2D eigenvalue weighted by Gasteiger charge is -2.09. The summed E-state index contributed by atoms with van der Waals surface area (Å²) in [6.45, 7) is 4.79. The maximum absolute atomic E-state index is 9.46. The molecule has 1 fully saturated rings. The topological polar surface area (TPSA) is 42.0 Å². The van der Waals surface area contributed by atoms with Crippen molar-refractivity contribution in [3.63, 3.8) is 0 Å². The van der Waals surface area contributed by atoms with E-state index in [2.05, 4.69) is 0 Å². The fourth-order valence-corrected chi connectivity index (χ4v) is 1.70. The number of ether oxygens (including phenoxy) is 2. The zero-order valence-electron chi connectivity index (χ0n) is 9.72. The van der Waals surface area contributed by atoms with Gasteiger partial charge < -0.3 is 14.6 Å². The van der Waals surface area contributed by atoms with Gasteiger partial charge in [0.25, 0.3) is 0 Å². The number of hydrogen-bond donors (Lipinski definition) is 1. The van der Waals surface area contributed by atoms with E-state index < -0.39 is 11.7 Å². The fourth-order valence-electron chi connectivity index (χ4n) is 1.70. The lowest BCUT2D eigenvalue weighted by atomic mass is 10.0. The van der Waals surface area contributed by atoms with Gasteiger partial charge in [0.05, 0.1) is 19.3 Å². The summed E-state index contributed by atoms with van der Waals surface area (Å²) in [6.07, 6.45) is -0.422. The van der Waals surface area contributed by atoms with Crippen LogP contribution in [0.1, 0.15) is 19.4 Å². The zero-order valence-corrected chi connectivity index (χ0v) is 9.72. The van der Waals surface area contributed by atoms with Gasteiger partial charge in [-0.25, -0.2) is 0 Å². The van der Waals surface area contributed by atoms with Crippen LogP contribution in [0.25, 0.3) is 0 Å². The Morgan fingerprint density at radius 1 is 1.44 bits per heavy atom. The Balaban J connectivity index is 1.71. The summed E-state index contributed by atoms with van der Waals surface area (Å²) in [5.41, 5.74) is 0.748. The highest BCUT2D eigenvalue weighted by Gasteiger charge is 2.55. The normalized spacial score (nSPS) is 30.1. The maximum Gasteiger partial charge on any atom is 0.120 e. The van der Waals surface area contributed by atoms with Crippen LogP contribution in [0, 0.1) is 0 Å². The molecule has 1 heterocycles. The minimum Gasteiger partial charge on any atom is -0.390 e. The molecule has 0 saturated carbocycles. The molecule has 16 heavy (non-hydrogen) atoms. The molecule has 0 spiro atoms. The summed E-state index contributed by atoms with van der Waals surface area (Å²) < 4.78 is 11.0. The minimum absolute atomic E-state index is 0.0243. The fraction of sp³-hybridized carbons (Fsp3) is 0.538.